The first-order valence-electron chi connectivity index (χ1n) is 14.6. The fraction of sp³-hybridized carbons (Fsp3) is 0.0909. The van der Waals surface area contributed by atoms with Gasteiger partial charge in [0.15, 0.2) is 0 Å². The Balaban J connectivity index is 1.17. The number of amides is 1. The topological polar surface area (TPSA) is 187 Å². The van der Waals surface area contributed by atoms with Gasteiger partial charge in [-0.2, -0.15) is 5.10 Å². The Kier molecular flexibility index (Phi) is 8.82. The first-order chi connectivity index (χ1) is 23.8. The van der Waals surface area contributed by atoms with Crippen LogP contribution in [0.4, 0.5) is 14.5 Å². The molecule has 254 valence electrons. The van der Waals surface area contributed by atoms with Crippen LogP contribution in [0, 0.1) is 11.6 Å². The molecule has 3 aromatic heterocycles. The summed E-state index contributed by atoms with van der Waals surface area (Å²) in [6.45, 7) is 0. The van der Waals surface area contributed by atoms with Gasteiger partial charge in [-0.15, -0.1) is 0 Å². The Morgan fingerprint density at radius 2 is 1.60 bits per heavy atom. The van der Waals surface area contributed by atoms with E-state index in [1.807, 2.05) is 0 Å². The van der Waals surface area contributed by atoms with Crippen LogP contribution in [0.5, 0.6) is 0 Å². The molecule has 0 fully saturated rings. The second kappa shape index (κ2) is 13.2. The van der Waals surface area contributed by atoms with E-state index in [0.717, 1.165) is 4.57 Å². The summed E-state index contributed by atoms with van der Waals surface area (Å²) in [4.78, 5) is 54.7. The molecule has 0 saturated carbocycles. The highest BCUT2D eigenvalue weighted by Gasteiger charge is 2.27. The van der Waals surface area contributed by atoms with Crippen LogP contribution >= 0.6 is 0 Å². The number of halogens is 2. The number of anilines is 1. The maximum atomic E-state index is 15.1. The van der Waals surface area contributed by atoms with Crippen molar-refractivity contribution >= 4 is 38.5 Å². The Morgan fingerprint density at radius 1 is 0.940 bits per heavy atom. The number of hydrogen-bond donors (Lipinski definition) is 3. The van der Waals surface area contributed by atoms with Crippen molar-refractivity contribution in [3.05, 3.63) is 141 Å². The predicted molar refractivity (Wildman–Crippen MR) is 176 cm³/mol. The van der Waals surface area contributed by atoms with Gasteiger partial charge >= 0.3 is 11.7 Å². The lowest BCUT2D eigenvalue weighted by atomic mass is 10.0. The minimum Gasteiger partial charge on any atom is -0.480 e. The summed E-state index contributed by atoms with van der Waals surface area (Å²) in [5.74, 6) is -5.80. The molecule has 0 radical (unpaired) electrons. The van der Waals surface area contributed by atoms with Crippen molar-refractivity contribution in [1.82, 2.24) is 29.2 Å². The smallest absolute Gasteiger partial charge is 0.335 e. The van der Waals surface area contributed by atoms with Crippen molar-refractivity contribution in [2.75, 3.05) is 4.72 Å². The molecule has 0 spiro atoms. The van der Waals surface area contributed by atoms with Gasteiger partial charge in [-0.1, -0.05) is 12.1 Å². The second-order valence-corrected chi connectivity index (χ2v) is 12.7. The molecule has 0 aliphatic rings. The third-order valence-electron chi connectivity index (χ3n) is 7.75. The molecule has 0 aliphatic carbocycles. The van der Waals surface area contributed by atoms with Crippen LogP contribution < -0.4 is 21.3 Å². The molecule has 50 heavy (non-hydrogen) atoms. The van der Waals surface area contributed by atoms with E-state index < -0.39 is 62.1 Å². The number of sulfonamides is 1. The van der Waals surface area contributed by atoms with Crippen molar-refractivity contribution < 1.29 is 31.9 Å². The number of rotatable bonds is 10. The van der Waals surface area contributed by atoms with Crippen molar-refractivity contribution in [2.45, 2.75) is 17.4 Å². The number of aryl methyl sites for hydroxylation is 1. The number of carboxylic acid groups (broad SMARTS) is 1. The minimum atomic E-state index is -4.30. The lowest BCUT2D eigenvalue weighted by Crippen LogP contribution is -2.43. The molecule has 14 nitrogen and oxygen atoms in total. The lowest BCUT2D eigenvalue weighted by molar-refractivity contribution is -0.139. The van der Waals surface area contributed by atoms with Gasteiger partial charge in [-0.25, -0.2) is 36.0 Å². The third-order valence-corrected chi connectivity index (χ3v) is 9.15. The van der Waals surface area contributed by atoms with Gasteiger partial charge in [-0.3, -0.25) is 23.9 Å². The number of aliphatic carboxylic acids is 1. The van der Waals surface area contributed by atoms with Gasteiger partial charge in [0.1, 0.15) is 23.2 Å². The highest BCUT2D eigenvalue weighted by molar-refractivity contribution is 7.92. The van der Waals surface area contributed by atoms with Gasteiger partial charge in [0.25, 0.3) is 21.5 Å². The highest BCUT2D eigenvalue weighted by Crippen LogP contribution is 2.23. The van der Waals surface area contributed by atoms with Gasteiger partial charge < -0.3 is 10.4 Å². The Hall–Kier alpha value is -6.49. The summed E-state index contributed by atoms with van der Waals surface area (Å²) in [6, 6.07) is 13.9. The van der Waals surface area contributed by atoms with Crippen molar-refractivity contribution in [1.29, 1.82) is 0 Å². The average Bonchev–Trinajstić information content (AvgIpc) is 3.63. The molecule has 3 N–H and O–H groups in total. The SMILES string of the molecule is Cn1c(=O)n(-c2ccc(C[C@H](NC(=O)c3c(F)cc(NS(=O)(=O)c4ccc(-n5cccn5)cc4)cc3F)C(=O)O)cc2)c(=O)c2ccncc21. The molecular formula is C33H25F2N7O7S. The van der Waals surface area contributed by atoms with Gasteiger partial charge in [0, 0.05) is 32.1 Å². The van der Waals surface area contributed by atoms with E-state index in [2.05, 4.69) is 20.1 Å². The van der Waals surface area contributed by atoms with E-state index in [-0.39, 0.29) is 22.4 Å². The Morgan fingerprint density at radius 3 is 2.22 bits per heavy atom. The number of carbonyl (C=O) groups is 2. The van der Waals surface area contributed by atoms with Crippen molar-refractivity contribution in [3.8, 4) is 11.4 Å². The van der Waals surface area contributed by atoms with Crippen molar-refractivity contribution in [2.24, 2.45) is 7.05 Å². The summed E-state index contributed by atoms with van der Waals surface area (Å²) in [5, 5.41) is 16.2. The molecule has 3 aromatic carbocycles. The molecule has 6 aromatic rings. The van der Waals surface area contributed by atoms with Crippen LogP contribution in [0.3, 0.4) is 0 Å². The average molecular weight is 702 g/mol. The molecule has 0 bridgehead atoms. The van der Waals surface area contributed by atoms with Crippen molar-refractivity contribution in [3.63, 3.8) is 0 Å². The van der Waals surface area contributed by atoms with E-state index >= 15 is 8.78 Å². The Labute approximate surface area is 280 Å². The molecule has 1 atom stereocenters. The number of aromatic nitrogens is 5. The number of carboxylic acids is 1. The number of pyridine rings is 1. The Bertz CT molecular complexity index is 2480. The summed E-state index contributed by atoms with van der Waals surface area (Å²) < 4.78 is 61.7. The minimum absolute atomic E-state index is 0.195. The fourth-order valence-electron chi connectivity index (χ4n) is 5.23. The zero-order valence-electron chi connectivity index (χ0n) is 25.8. The molecule has 0 aliphatic heterocycles. The first-order valence-corrected chi connectivity index (χ1v) is 16.1. The van der Waals surface area contributed by atoms with Gasteiger partial charge in [0.05, 0.1) is 39.1 Å². The zero-order chi connectivity index (χ0) is 35.7. The van der Waals surface area contributed by atoms with Crippen LogP contribution in [0.15, 0.2) is 112 Å². The summed E-state index contributed by atoms with van der Waals surface area (Å²) in [5.41, 5.74) is -1.41. The van der Waals surface area contributed by atoms with Crippen LogP contribution in [0.25, 0.3) is 22.3 Å². The molecule has 1 amide bonds. The van der Waals surface area contributed by atoms with Crippen LogP contribution in [-0.2, 0) is 28.3 Å². The van der Waals surface area contributed by atoms with E-state index in [1.54, 1.807) is 18.5 Å². The maximum Gasteiger partial charge on any atom is 0.335 e. The van der Waals surface area contributed by atoms with Gasteiger partial charge in [0.2, 0.25) is 0 Å². The quantitative estimate of drug-likeness (QED) is 0.193. The highest BCUT2D eigenvalue weighted by atomic mass is 32.2. The third kappa shape index (κ3) is 6.48. The fourth-order valence-corrected chi connectivity index (χ4v) is 6.27. The number of nitrogens with one attached hydrogen (secondary N) is 2. The first kappa shape index (κ1) is 33.4. The normalized spacial score (nSPS) is 12.1. The van der Waals surface area contributed by atoms with Crippen LogP contribution in [0.1, 0.15) is 15.9 Å². The number of carbonyl (C=O) groups excluding carboxylic acids is 1. The number of hydrogen-bond acceptors (Lipinski definition) is 8. The molecule has 0 unspecified atom stereocenters. The summed E-state index contributed by atoms with van der Waals surface area (Å²) in [6.07, 6.45) is 5.67. The largest absolute Gasteiger partial charge is 0.480 e. The number of nitrogens with zero attached hydrogens (tertiary/aromatic N) is 5. The summed E-state index contributed by atoms with van der Waals surface area (Å²) in [7, 11) is -2.82. The lowest BCUT2D eigenvalue weighted by Gasteiger charge is -2.16. The molecule has 3 heterocycles. The van der Waals surface area contributed by atoms with Crippen LogP contribution in [0.2, 0.25) is 0 Å². The maximum absolute atomic E-state index is 15.1. The molecule has 6 rings (SSSR count). The van der Waals surface area contributed by atoms with Gasteiger partial charge in [-0.05, 0) is 66.2 Å². The van der Waals surface area contributed by atoms with E-state index in [0.29, 0.717) is 28.9 Å². The van der Waals surface area contributed by atoms with E-state index in [9.17, 15) is 32.7 Å². The number of fused-ring (bicyclic) bond motifs is 1. The summed E-state index contributed by atoms with van der Waals surface area (Å²) >= 11 is 0. The van der Waals surface area contributed by atoms with Crippen LogP contribution in [-0.4, -0.2) is 55.3 Å². The van der Waals surface area contributed by atoms with E-state index in [4.69, 9.17) is 0 Å². The monoisotopic (exact) mass is 701 g/mol. The number of benzene rings is 3. The molecule has 0 saturated heterocycles. The molecular weight excluding hydrogens is 676 g/mol. The predicted octanol–water partition coefficient (Wildman–Crippen LogP) is 2.77. The zero-order valence-corrected chi connectivity index (χ0v) is 26.6. The second-order valence-electron chi connectivity index (χ2n) is 11.0. The van der Waals surface area contributed by atoms with E-state index in [1.165, 1.54) is 83.3 Å². The molecule has 17 heteroatoms. The standard InChI is InChI=1S/C33H25F2N7O7S/c1-40-28-18-36-13-11-24(28)31(44)42(33(40)47)22-5-3-19(4-6-22)15-27(32(45)46)38-30(43)29-25(34)16-20(17-26(29)35)39-50(48,49)23-9-7-21(8-10-23)41-14-2-12-37-41/h2-14,16-18,27,39H,15H2,1H3,(H,38,43)(H,45,46)/t27-/m0/s1.